The standard InChI is InChI=1S/C8H9N3O4S/c9-11(8(13)10-6-12)16(14,15)7-4-2-1-3-5-7/h1-6H,9H2,(H,10,12,13). The number of urea groups is 1. The van der Waals surface area contributed by atoms with Crippen LogP contribution in [0.5, 0.6) is 0 Å². The molecule has 3 amide bonds. The molecule has 8 heteroatoms. The Labute approximate surface area is 91.9 Å². The number of rotatable bonds is 3. The van der Waals surface area contributed by atoms with Gasteiger partial charge in [0, 0.05) is 0 Å². The third-order valence-corrected chi connectivity index (χ3v) is 3.23. The molecule has 1 aromatic carbocycles. The van der Waals surface area contributed by atoms with Crippen molar-refractivity contribution in [3.8, 4) is 0 Å². The number of nitrogens with two attached hydrogens (primary N) is 1. The molecule has 3 N–H and O–H groups in total. The van der Waals surface area contributed by atoms with E-state index in [4.69, 9.17) is 5.84 Å². The second kappa shape index (κ2) is 4.73. The van der Waals surface area contributed by atoms with Crippen LogP contribution >= 0.6 is 0 Å². The number of hydrogen-bond donors (Lipinski definition) is 2. The second-order valence-corrected chi connectivity index (χ2v) is 4.50. The number of hydrogen-bond acceptors (Lipinski definition) is 5. The fraction of sp³-hybridized carbons (Fsp3) is 0. The zero-order valence-corrected chi connectivity index (χ0v) is 8.85. The maximum Gasteiger partial charge on any atom is 0.352 e. The first-order chi connectivity index (χ1) is 7.50. The van der Waals surface area contributed by atoms with Crippen LogP contribution < -0.4 is 11.2 Å². The third kappa shape index (κ3) is 2.35. The lowest BCUT2D eigenvalue weighted by Gasteiger charge is -2.15. The zero-order chi connectivity index (χ0) is 12.2. The Balaban J connectivity index is 3.04. The Morgan fingerprint density at radius 2 is 1.88 bits per heavy atom. The lowest BCUT2D eigenvalue weighted by molar-refractivity contribution is -0.108. The van der Waals surface area contributed by atoms with Gasteiger partial charge in [0.2, 0.25) is 6.41 Å². The van der Waals surface area contributed by atoms with Crippen LogP contribution in [0.4, 0.5) is 4.79 Å². The molecule has 0 aliphatic heterocycles. The van der Waals surface area contributed by atoms with E-state index in [1.807, 2.05) is 0 Å². The van der Waals surface area contributed by atoms with E-state index in [2.05, 4.69) is 0 Å². The molecule has 0 aromatic heterocycles. The van der Waals surface area contributed by atoms with Gasteiger partial charge in [-0.2, -0.15) is 8.42 Å². The molecule has 0 radical (unpaired) electrons. The largest absolute Gasteiger partial charge is 0.352 e. The SMILES string of the molecule is NN(C(=O)NC=O)S(=O)(=O)c1ccccc1. The number of nitrogens with one attached hydrogen (secondary N) is 1. The van der Waals surface area contributed by atoms with E-state index in [1.54, 1.807) is 11.4 Å². The van der Waals surface area contributed by atoms with Gasteiger partial charge in [0.25, 0.3) is 10.0 Å². The number of imide groups is 1. The molecule has 0 saturated carbocycles. The van der Waals surface area contributed by atoms with E-state index in [0.29, 0.717) is 0 Å². The molecule has 0 heterocycles. The monoisotopic (exact) mass is 243 g/mol. The van der Waals surface area contributed by atoms with Crippen molar-refractivity contribution in [3.05, 3.63) is 30.3 Å². The van der Waals surface area contributed by atoms with Gasteiger partial charge in [-0.3, -0.25) is 10.1 Å². The maximum atomic E-state index is 11.7. The summed E-state index contributed by atoms with van der Waals surface area (Å²) >= 11 is 0. The molecule has 0 spiro atoms. The van der Waals surface area contributed by atoms with E-state index >= 15 is 0 Å². The van der Waals surface area contributed by atoms with Crippen LogP contribution in [0.25, 0.3) is 0 Å². The van der Waals surface area contributed by atoms with Gasteiger partial charge in [0.15, 0.2) is 0 Å². The minimum absolute atomic E-state index is 0.0310. The van der Waals surface area contributed by atoms with Gasteiger partial charge in [-0.05, 0) is 12.1 Å². The zero-order valence-electron chi connectivity index (χ0n) is 8.03. The smallest absolute Gasteiger partial charge is 0.279 e. The summed E-state index contributed by atoms with van der Waals surface area (Å²) in [7, 11) is -4.12. The summed E-state index contributed by atoms with van der Waals surface area (Å²) in [4.78, 5) is 20.9. The molecule has 0 fully saturated rings. The van der Waals surface area contributed by atoms with Crippen LogP contribution in [-0.2, 0) is 14.8 Å². The summed E-state index contributed by atoms with van der Waals surface area (Å²) in [5.74, 6) is 5.09. The van der Waals surface area contributed by atoms with E-state index in [0.717, 1.165) is 0 Å². The molecule has 0 saturated heterocycles. The molecule has 86 valence electrons. The van der Waals surface area contributed by atoms with Crippen molar-refractivity contribution in [1.82, 2.24) is 9.73 Å². The Bertz CT molecular complexity index is 485. The topological polar surface area (TPSA) is 110 Å². The lowest BCUT2D eigenvalue weighted by atomic mass is 10.4. The Hall–Kier alpha value is -1.93. The van der Waals surface area contributed by atoms with Gasteiger partial charge in [-0.15, -0.1) is 4.41 Å². The molecule has 0 aliphatic rings. The van der Waals surface area contributed by atoms with Crippen LogP contribution in [0, 0.1) is 0 Å². The number of hydrazine groups is 1. The van der Waals surface area contributed by atoms with Crippen molar-refractivity contribution in [2.75, 3.05) is 0 Å². The first-order valence-electron chi connectivity index (χ1n) is 4.09. The Morgan fingerprint density at radius 1 is 1.31 bits per heavy atom. The van der Waals surface area contributed by atoms with Gasteiger partial charge >= 0.3 is 6.03 Å². The summed E-state index contributed by atoms with van der Waals surface area (Å²) in [6.07, 6.45) is 0.0444. The van der Waals surface area contributed by atoms with E-state index < -0.39 is 16.1 Å². The molecule has 1 rings (SSSR count). The van der Waals surface area contributed by atoms with Gasteiger partial charge < -0.3 is 0 Å². The third-order valence-electron chi connectivity index (χ3n) is 1.68. The van der Waals surface area contributed by atoms with Crippen LogP contribution in [0.1, 0.15) is 0 Å². The van der Waals surface area contributed by atoms with Gasteiger partial charge in [0.1, 0.15) is 0 Å². The van der Waals surface area contributed by atoms with Crippen LogP contribution in [0.2, 0.25) is 0 Å². The van der Waals surface area contributed by atoms with Gasteiger partial charge in [-0.1, -0.05) is 18.2 Å². The van der Waals surface area contributed by atoms with Crippen LogP contribution in [0.3, 0.4) is 0 Å². The molecule has 0 atom stereocenters. The maximum absolute atomic E-state index is 11.7. The van der Waals surface area contributed by atoms with Crippen LogP contribution in [-0.4, -0.2) is 25.3 Å². The van der Waals surface area contributed by atoms with E-state index in [9.17, 15) is 18.0 Å². The summed E-state index contributed by atoms with van der Waals surface area (Å²) in [6.45, 7) is 0. The Morgan fingerprint density at radius 3 is 2.38 bits per heavy atom. The first-order valence-corrected chi connectivity index (χ1v) is 5.53. The van der Waals surface area contributed by atoms with Crippen molar-refractivity contribution >= 4 is 22.5 Å². The van der Waals surface area contributed by atoms with E-state index in [-0.39, 0.29) is 15.7 Å². The molecule has 16 heavy (non-hydrogen) atoms. The van der Waals surface area contributed by atoms with Gasteiger partial charge in [-0.25, -0.2) is 10.6 Å². The minimum atomic E-state index is -4.12. The molecule has 0 unspecified atom stereocenters. The summed E-state index contributed by atoms with van der Waals surface area (Å²) < 4.78 is 23.3. The van der Waals surface area contributed by atoms with Crippen molar-refractivity contribution in [2.24, 2.45) is 5.84 Å². The van der Waals surface area contributed by atoms with Crippen molar-refractivity contribution < 1.29 is 18.0 Å². The Kier molecular flexibility index (Phi) is 3.59. The molecule has 1 aromatic rings. The number of carbonyl (C=O) groups excluding carboxylic acids is 2. The van der Waals surface area contributed by atoms with Crippen molar-refractivity contribution in [3.63, 3.8) is 0 Å². The average Bonchev–Trinajstić information content (AvgIpc) is 2.29. The quantitative estimate of drug-likeness (QED) is 0.319. The fourth-order valence-electron chi connectivity index (χ4n) is 0.929. The van der Waals surface area contributed by atoms with Gasteiger partial charge in [0.05, 0.1) is 4.90 Å². The average molecular weight is 243 g/mol. The normalized spacial score (nSPS) is 10.6. The fourth-order valence-corrected chi connectivity index (χ4v) is 1.93. The highest BCUT2D eigenvalue weighted by Gasteiger charge is 2.25. The molecular formula is C8H9N3O4S. The summed E-state index contributed by atoms with van der Waals surface area (Å²) in [5.41, 5.74) is 0. The number of amides is 3. The van der Waals surface area contributed by atoms with E-state index in [1.165, 1.54) is 24.3 Å². The second-order valence-electron chi connectivity index (χ2n) is 2.68. The number of carbonyl (C=O) groups is 2. The number of sulfonamides is 1. The molecular weight excluding hydrogens is 234 g/mol. The highest BCUT2D eigenvalue weighted by Crippen LogP contribution is 2.11. The molecule has 7 nitrogen and oxygen atoms in total. The first kappa shape index (κ1) is 12.1. The van der Waals surface area contributed by atoms with Crippen molar-refractivity contribution in [2.45, 2.75) is 4.90 Å². The summed E-state index contributed by atoms with van der Waals surface area (Å²) in [5, 5.41) is 1.62. The predicted molar refractivity (Wildman–Crippen MR) is 54.2 cm³/mol. The number of nitrogens with zero attached hydrogens (tertiary/aromatic N) is 1. The molecule has 0 bridgehead atoms. The highest BCUT2D eigenvalue weighted by molar-refractivity contribution is 7.89. The lowest BCUT2D eigenvalue weighted by Crippen LogP contribution is -2.47. The van der Waals surface area contributed by atoms with Crippen molar-refractivity contribution in [1.29, 1.82) is 0 Å². The highest BCUT2D eigenvalue weighted by atomic mass is 32.2. The minimum Gasteiger partial charge on any atom is -0.279 e. The predicted octanol–water partition coefficient (Wildman–Crippen LogP) is -0.583. The summed E-state index contributed by atoms with van der Waals surface area (Å²) in [6, 6.07) is 5.92. The number of benzene rings is 1. The molecule has 0 aliphatic carbocycles. The van der Waals surface area contributed by atoms with Crippen LogP contribution in [0.15, 0.2) is 35.2 Å².